The molecule has 0 saturated heterocycles. The van der Waals surface area contributed by atoms with Crippen LogP contribution in [0.5, 0.6) is 0 Å². The van der Waals surface area contributed by atoms with E-state index in [-0.39, 0.29) is 60.8 Å². The molecular weight excluding hydrogens is 449 g/mol. The zero-order chi connectivity index (χ0) is 18.0. The van der Waals surface area contributed by atoms with Crippen LogP contribution in [0.15, 0.2) is 0 Å². The number of rotatable bonds is 0. The molecule has 0 amide bonds. The van der Waals surface area contributed by atoms with E-state index < -0.39 is 41.6 Å². The van der Waals surface area contributed by atoms with Gasteiger partial charge in [-0.3, -0.25) is 18.2 Å². The van der Waals surface area contributed by atoms with Crippen molar-refractivity contribution in [1.82, 2.24) is 0 Å². The normalized spacial score (nSPS) is 10.5. The predicted octanol–water partition coefficient (Wildman–Crippen LogP) is -4.74. The van der Waals surface area contributed by atoms with Gasteiger partial charge >= 0.3 is 60.8 Å². The topological polar surface area (TPSA) is 310 Å². The van der Waals surface area contributed by atoms with E-state index >= 15 is 0 Å². The van der Waals surface area contributed by atoms with Crippen LogP contribution in [-0.4, -0.2) is 131 Å². The molecule has 0 spiro atoms. The summed E-state index contributed by atoms with van der Waals surface area (Å²) in [6.45, 7) is 0. The fourth-order valence-corrected chi connectivity index (χ4v) is 0. The minimum Gasteiger partial charge on any atom is -0.726 e. The molecule has 0 aromatic heterocycles. The van der Waals surface area contributed by atoms with Crippen molar-refractivity contribution < 1.29 is 70.1 Å². The molecule has 0 unspecified atom stereocenters. The molecule has 0 aliphatic rings. The Morgan fingerprint density at radius 2 is 0.455 bits per heavy atom. The van der Waals surface area contributed by atoms with E-state index in [1.54, 1.807) is 0 Å². The molecule has 0 aliphatic carbocycles. The average Bonchev–Trinajstić information content (AvgIpc) is 1.62. The Morgan fingerprint density at radius 3 is 0.455 bits per heavy atom. The fraction of sp³-hybridized carbons (Fsp3) is 0. The van der Waals surface area contributed by atoms with E-state index in [4.69, 9.17) is 70.1 Å². The molecule has 22 heavy (non-hydrogen) atoms. The largest absolute Gasteiger partial charge is 2.00 e. The molecule has 0 radical (unpaired) electrons. The van der Waals surface area contributed by atoms with Gasteiger partial charge in [-0.15, -0.1) is 0 Å². The Labute approximate surface area is 170 Å². The van der Waals surface area contributed by atoms with Crippen LogP contribution in [0.2, 0.25) is 0 Å². The van der Waals surface area contributed by atoms with Crippen LogP contribution in [0, 0.1) is 0 Å². The monoisotopic (exact) mass is 452 g/mol. The van der Waals surface area contributed by atoms with Gasteiger partial charge in [0.2, 0.25) is 41.6 Å². The first-order valence-electron chi connectivity index (χ1n) is 2.73. The van der Waals surface area contributed by atoms with Crippen LogP contribution >= 0.6 is 0 Å². The zero-order valence-electron chi connectivity index (χ0n) is 9.74. The van der Waals surface area contributed by atoms with E-state index in [0.717, 1.165) is 0 Å². The van der Waals surface area contributed by atoms with E-state index in [1.165, 1.54) is 0 Å². The molecular formula is H4CaMgO16S4. The molecule has 0 saturated carbocycles. The SMILES string of the molecule is O=S(=O)([O-])O.O=S(=O)([O-])O.O=S(=O)([O-])O.O=S(=O)([O-])O.[Ca+2].[Mg+2]. The third-order valence-corrected chi connectivity index (χ3v) is 0. The smallest absolute Gasteiger partial charge is 0.726 e. The summed E-state index contributed by atoms with van der Waals surface area (Å²) in [7, 11) is -19.7. The summed E-state index contributed by atoms with van der Waals surface area (Å²) in [5, 5.41) is 0. The molecule has 0 aromatic carbocycles. The standard InChI is InChI=1S/Ca.Mg.4H2O4S/c;;4*1-5(2,3)4/h;;4*(H2,1,2,3,4)/q2*+2;;;;/p-4. The Hall–Kier alpha value is 1.51. The summed E-state index contributed by atoms with van der Waals surface area (Å²) in [4.78, 5) is 0. The van der Waals surface area contributed by atoms with Gasteiger partial charge in [0.05, 0.1) is 0 Å². The summed E-state index contributed by atoms with van der Waals surface area (Å²) in [6, 6.07) is 0. The van der Waals surface area contributed by atoms with E-state index in [1.807, 2.05) is 0 Å². The van der Waals surface area contributed by atoms with Gasteiger partial charge in [-0.1, -0.05) is 0 Å². The van der Waals surface area contributed by atoms with Crippen LogP contribution in [0.4, 0.5) is 0 Å². The summed E-state index contributed by atoms with van der Waals surface area (Å²) < 4.78 is 131. The molecule has 0 fully saturated rings. The van der Waals surface area contributed by atoms with Crippen molar-refractivity contribution in [3.63, 3.8) is 0 Å². The minimum atomic E-state index is -4.92. The van der Waals surface area contributed by atoms with Gasteiger partial charge in [-0.2, -0.15) is 0 Å². The van der Waals surface area contributed by atoms with Crippen LogP contribution in [0.1, 0.15) is 0 Å². The summed E-state index contributed by atoms with van der Waals surface area (Å²) in [6.07, 6.45) is 0. The molecule has 0 heterocycles. The molecule has 0 bridgehead atoms. The molecule has 4 N–H and O–H groups in total. The van der Waals surface area contributed by atoms with Gasteiger partial charge < -0.3 is 18.2 Å². The average molecular weight is 453 g/mol. The summed E-state index contributed by atoms with van der Waals surface area (Å²) in [5.74, 6) is 0. The molecule has 0 atom stereocenters. The molecule has 0 rings (SSSR count). The van der Waals surface area contributed by atoms with Gasteiger partial charge in [0.1, 0.15) is 0 Å². The fourth-order valence-electron chi connectivity index (χ4n) is 0. The van der Waals surface area contributed by atoms with Gasteiger partial charge in [0.15, 0.2) is 0 Å². The molecule has 128 valence electrons. The van der Waals surface area contributed by atoms with Crippen molar-refractivity contribution in [2.45, 2.75) is 0 Å². The predicted molar refractivity (Wildman–Crippen MR) is 60.8 cm³/mol. The van der Waals surface area contributed by atoms with Crippen molar-refractivity contribution >= 4 is 102 Å². The molecule has 0 aliphatic heterocycles. The first-order chi connectivity index (χ1) is 8.00. The zero-order valence-corrected chi connectivity index (χ0v) is 16.6. The second-order valence-corrected chi connectivity index (χ2v) is 5.13. The molecule has 22 heteroatoms. The first kappa shape index (κ1) is 38.9. The van der Waals surface area contributed by atoms with Crippen LogP contribution in [0.25, 0.3) is 0 Å². The van der Waals surface area contributed by atoms with Gasteiger partial charge in [-0.05, 0) is 0 Å². The third-order valence-electron chi connectivity index (χ3n) is 0. The minimum absolute atomic E-state index is 0. The van der Waals surface area contributed by atoms with Crippen molar-refractivity contribution in [1.29, 1.82) is 0 Å². The summed E-state index contributed by atoms with van der Waals surface area (Å²) >= 11 is 0. The number of hydrogen-bond acceptors (Lipinski definition) is 12. The van der Waals surface area contributed by atoms with Gasteiger partial charge in [-0.25, -0.2) is 33.7 Å². The Balaban J connectivity index is -0.0000000376. The van der Waals surface area contributed by atoms with E-state index in [0.29, 0.717) is 0 Å². The molecule has 16 nitrogen and oxygen atoms in total. The quantitative estimate of drug-likeness (QED) is 0.152. The Kier molecular flexibility index (Phi) is 28.3. The second-order valence-electron chi connectivity index (χ2n) is 1.71. The Bertz CT molecular complexity index is 479. The van der Waals surface area contributed by atoms with Crippen molar-refractivity contribution in [2.75, 3.05) is 0 Å². The first-order valence-corrected chi connectivity index (χ1v) is 8.19. The Morgan fingerprint density at radius 1 is 0.455 bits per heavy atom. The van der Waals surface area contributed by atoms with Crippen molar-refractivity contribution in [2.24, 2.45) is 0 Å². The number of hydrogen-bond donors (Lipinski definition) is 4. The second kappa shape index (κ2) is 16.0. The van der Waals surface area contributed by atoms with Gasteiger partial charge in [0.25, 0.3) is 0 Å². The maximum atomic E-state index is 8.63. The van der Waals surface area contributed by atoms with Crippen LogP contribution in [0.3, 0.4) is 0 Å². The summed E-state index contributed by atoms with van der Waals surface area (Å²) in [5.41, 5.74) is 0. The van der Waals surface area contributed by atoms with Crippen LogP contribution < -0.4 is 0 Å². The van der Waals surface area contributed by atoms with Crippen molar-refractivity contribution in [3.8, 4) is 0 Å². The maximum Gasteiger partial charge on any atom is 2.00 e. The van der Waals surface area contributed by atoms with Crippen molar-refractivity contribution in [3.05, 3.63) is 0 Å². The maximum absolute atomic E-state index is 8.63. The van der Waals surface area contributed by atoms with E-state index in [9.17, 15) is 0 Å². The molecule has 0 aromatic rings. The third kappa shape index (κ3) is 3990. The van der Waals surface area contributed by atoms with Crippen LogP contribution in [-0.2, 0) is 41.6 Å². The van der Waals surface area contributed by atoms with E-state index in [2.05, 4.69) is 0 Å². The van der Waals surface area contributed by atoms with Gasteiger partial charge in [0, 0.05) is 0 Å².